The van der Waals surface area contributed by atoms with Crippen LogP contribution in [-0.4, -0.2) is 59.5 Å². The van der Waals surface area contributed by atoms with Crippen LogP contribution in [0.4, 0.5) is 4.79 Å². The third-order valence-corrected chi connectivity index (χ3v) is 7.06. The summed E-state index contributed by atoms with van der Waals surface area (Å²) < 4.78 is 5.47. The molecule has 8 heteroatoms. The highest BCUT2D eigenvalue weighted by molar-refractivity contribution is 7.98. The summed E-state index contributed by atoms with van der Waals surface area (Å²) in [7, 11) is 0. The Hall–Kier alpha value is -2.66. The number of ether oxygens (including phenoxy) is 1. The van der Waals surface area contributed by atoms with Crippen molar-refractivity contribution in [2.45, 2.75) is 110 Å². The number of carbonyl (C=O) groups is 3. The summed E-state index contributed by atoms with van der Waals surface area (Å²) >= 11 is 1.60. The number of hydrogen-bond donors (Lipinski definition) is 2. The molecule has 0 aliphatic heterocycles. The van der Waals surface area contributed by atoms with Crippen LogP contribution < -0.4 is 10.6 Å². The topological polar surface area (TPSA) is 87.7 Å². The van der Waals surface area contributed by atoms with E-state index in [1.807, 2.05) is 18.4 Å². The molecule has 2 unspecified atom stereocenters. The van der Waals surface area contributed by atoms with Crippen LogP contribution in [0.25, 0.3) is 0 Å². The second-order valence-corrected chi connectivity index (χ2v) is 12.1. The Kier molecular flexibility index (Phi) is 17.2. The maximum absolute atomic E-state index is 14.2. The lowest BCUT2D eigenvalue weighted by Crippen LogP contribution is -2.53. The first-order chi connectivity index (χ1) is 19.1. The summed E-state index contributed by atoms with van der Waals surface area (Å²) in [5.41, 5.74) is 0.691. The molecule has 7 nitrogen and oxygen atoms in total. The Bertz CT molecular complexity index is 937. The van der Waals surface area contributed by atoms with Crippen LogP contribution in [0.5, 0.6) is 0 Å². The lowest BCUT2D eigenvalue weighted by Gasteiger charge is -2.34. The summed E-state index contributed by atoms with van der Waals surface area (Å²) in [4.78, 5) is 42.3. The minimum absolute atomic E-state index is 0.234. The number of nitrogens with one attached hydrogen (secondary N) is 2. The molecule has 0 aromatic heterocycles. The molecule has 0 aliphatic carbocycles. The van der Waals surface area contributed by atoms with Gasteiger partial charge >= 0.3 is 6.09 Å². The van der Waals surface area contributed by atoms with Crippen molar-refractivity contribution in [2.24, 2.45) is 0 Å². The maximum atomic E-state index is 14.2. The van der Waals surface area contributed by atoms with E-state index in [0.29, 0.717) is 36.4 Å². The molecule has 0 radical (unpaired) electrons. The first-order valence-electron chi connectivity index (χ1n) is 14.7. The Labute approximate surface area is 246 Å². The fraction of sp³-hybridized carbons (Fsp3) is 0.656. The predicted octanol–water partition coefficient (Wildman–Crippen LogP) is 6.46. The molecule has 0 fully saturated rings. The average molecular weight is 574 g/mol. The zero-order valence-electron chi connectivity index (χ0n) is 25.5. The zero-order valence-corrected chi connectivity index (χ0v) is 26.3. The number of nitrogens with zero attached hydrogens (tertiary/aromatic N) is 1. The van der Waals surface area contributed by atoms with E-state index in [-0.39, 0.29) is 11.8 Å². The smallest absolute Gasteiger partial charge is 0.408 e. The van der Waals surface area contributed by atoms with E-state index in [1.54, 1.807) is 49.6 Å². The summed E-state index contributed by atoms with van der Waals surface area (Å²) in [6, 6.07) is 5.55. The van der Waals surface area contributed by atoms with E-state index in [2.05, 4.69) is 30.4 Å². The van der Waals surface area contributed by atoms with Gasteiger partial charge in [0.15, 0.2) is 0 Å². The highest BCUT2D eigenvalue weighted by Crippen LogP contribution is 2.25. The highest BCUT2D eigenvalue weighted by atomic mass is 32.2. The van der Waals surface area contributed by atoms with Gasteiger partial charge in [-0.2, -0.15) is 11.8 Å². The van der Waals surface area contributed by atoms with Gasteiger partial charge in [-0.3, -0.25) is 9.59 Å². The second-order valence-electron chi connectivity index (χ2n) is 11.1. The summed E-state index contributed by atoms with van der Waals surface area (Å²) in [5.74, 6) is 2.76. The number of thioether (sulfide) groups is 1. The molecule has 3 amide bonds. The first-order valence-corrected chi connectivity index (χ1v) is 16.1. The number of hydrogen-bond acceptors (Lipinski definition) is 5. The van der Waals surface area contributed by atoms with Gasteiger partial charge in [0.1, 0.15) is 17.7 Å². The molecule has 224 valence electrons. The van der Waals surface area contributed by atoms with Crippen LogP contribution in [0.15, 0.2) is 24.3 Å². The zero-order chi connectivity index (χ0) is 30.0. The van der Waals surface area contributed by atoms with Crippen molar-refractivity contribution < 1.29 is 19.1 Å². The number of benzene rings is 1. The van der Waals surface area contributed by atoms with Crippen molar-refractivity contribution >= 4 is 29.7 Å². The Morgan fingerprint density at radius 2 is 1.62 bits per heavy atom. The number of rotatable bonds is 18. The van der Waals surface area contributed by atoms with E-state index in [1.165, 1.54) is 6.42 Å². The molecule has 0 saturated carbocycles. The standard InChI is InChI=1S/C32H51N3O4S/c1-8-11-13-14-15-16-23-35(30(37)27(21-24-40-7)34-31(38)39-32(4,5)6)28(29(36)33-22-12-9-2)26-19-17-25(10-3)18-20-26/h3,17-20,27-28H,8-9,11-16,21-24H2,1-2,4-7H3,(H,33,36)(H,34,38). The summed E-state index contributed by atoms with van der Waals surface area (Å²) in [6.07, 6.45) is 15.4. The van der Waals surface area contributed by atoms with Crippen LogP contribution in [0.2, 0.25) is 0 Å². The quantitative estimate of drug-likeness (QED) is 0.155. The number of amides is 3. The van der Waals surface area contributed by atoms with Crippen LogP contribution in [-0.2, 0) is 14.3 Å². The van der Waals surface area contributed by atoms with Gasteiger partial charge in [-0.15, -0.1) is 6.42 Å². The number of alkyl carbamates (subject to hydrolysis) is 1. The third-order valence-electron chi connectivity index (χ3n) is 6.42. The lowest BCUT2D eigenvalue weighted by atomic mass is 10.00. The monoisotopic (exact) mass is 573 g/mol. The van der Waals surface area contributed by atoms with Gasteiger partial charge in [0.2, 0.25) is 11.8 Å². The van der Waals surface area contributed by atoms with E-state index >= 15 is 0 Å². The molecule has 2 N–H and O–H groups in total. The second kappa shape index (κ2) is 19.4. The normalized spacial score (nSPS) is 12.6. The third kappa shape index (κ3) is 13.6. The Balaban J connectivity index is 3.41. The molecule has 0 bridgehead atoms. The van der Waals surface area contributed by atoms with Crippen LogP contribution in [0, 0.1) is 12.3 Å². The fourth-order valence-corrected chi connectivity index (χ4v) is 4.76. The minimum Gasteiger partial charge on any atom is -0.444 e. The van der Waals surface area contributed by atoms with Crippen molar-refractivity contribution in [2.75, 3.05) is 25.1 Å². The molecule has 0 aliphatic rings. The Morgan fingerprint density at radius 3 is 2.20 bits per heavy atom. The minimum atomic E-state index is -0.843. The largest absolute Gasteiger partial charge is 0.444 e. The van der Waals surface area contributed by atoms with Crippen molar-refractivity contribution in [3.63, 3.8) is 0 Å². The molecule has 0 heterocycles. The SMILES string of the molecule is C#Cc1ccc(C(C(=O)NCCCC)N(CCCCCCCC)C(=O)C(CCSC)NC(=O)OC(C)(C)C)cc1. The van der Waals surface area contributed by atoms with Gasteiger partial charge in [0.05, 0.1) is 0 Å². The molecule has 1 rings (SSSR count). The van der Waals surface area contributed by atoms with Crippen molar-refractivity contribution in [1.82, 2.24) is 15.5 Å². The van der Waals surface area contributed by atoms with Crippen LogP contribution in [0.3, 0.4) is 0 Å². The molecular weight excluding hydrogens is 522 g/mol. The van der Waals surface area contributed by atoms with Gasteiger partial charge < -0.3 is 20.3 Å². The first kappa shape index (κ1) is 35.4. The fourth-order valence-electron chi connectivity index (χ4n) is 4.29. The van der Waals surface area contributed by atoms with Gasteiger partial charge in [-0.1, -0.05) is 70.4 Å². The van der Waals surface area contributed by atoms with Gasteiger partial charge in [0.25, 0.3) is 0 Å². The molecule has 2 atom stereocenters. The molecule has 40 heavy (non-hydrogen) atoms. The van der Waals surface area contributed by atoms with Gasteiger partial charge in [-0.25, -0.2) is 4.79 Å². The van der Waals surface area contributed by atoms with E-state index in [9.17, 15) is 14.4 Å². The average Bonchev–Trinajstić information content (AvgIpc) is 2.91. The van der Waals surface area contributed by atoms with E-state index in [4.69, 9.17) is 11.2 Å². The van der Waals surface area contributed by atoms with Gasteiger partial charge in [0, 0.05) is 18.7 Å². The maximum Gasteiger partial charge on any atom is 0.408 e. The van der Waals surface area contributed by atoms with E-state index < -0.39 is 23.8 Å². The van der Waals surface area contributed by atoms with Crippen molar-refractivity contribution in [3.8, 4) is 12.3 Å². The van der Waals surface area contributed by atoms with Crippen LogP contribution in [0.1, 0.15) is 110 Å². The van der Waals surface area contributed by atoms with Crippen molar-refractivity contribution in [3.05, 3.63) is 35.4 Å². The number of carbonyl (C=O) groups excluding carboxylic acids is 3. The predicted molar refractivity (Wildman–Crippen MR) is 166 cm³/mol. The summed E-state index contributed by atoms with van der Waals surface area (Å²) in [6.45, 7) is 10.5. The molecule has 0 saturated heterocycles. The molecule has 0 spiro atoms. The van der Waals surface area contributed by atoms with Gasteiger partial charge in [-0.05, 0) is 69.7 Å². The number of unbranched alkanes of at least 4 members (excludes halogenated alkanes) is 6. The molecular formula is C32H51N3O4S. The van der Waals surface area contributed by atoms with E-state index in [0.717, 1.165) is 44.9 Å². The Morgan fingerprint density at radius 1 is 1.00 bits per heavy atom. The molecule has 1 aromatic rings. The number of terminal acetylenes is 1. The summed E-state index contributed by atoms with van der Waals surface area (Å²) in [5, 5.41) is 5.83. The van der Waals surface area contributed by atoms with Crippen molar-refractivity contribution in [1.29, 1.82) is 0 Å². The van der Waals surface area contributed by atoms with Crippen LogP contribution >= 0.6 is 11.8 Å². The molecule has 1 aromatic carbocycles. The lowest BCUT2D eigenvalue weighted by molar-refractivity contribution is -0.142. The highest BCUT2D eigenvalue weighted by Gasteiger charge is 2.35.